The van der Waals surface area contributed by atoms with Crippen LogP contribution in [0.2, 0.25) is 0 Å². The number of nitrogens with zero attached hydrogens (tertiary/aromatic N) is 4. The first-order valence-corrected chi connectivity index (χ1v) is 13.5. The molecule has 0 radical (unpaired) electrons. The summed E-state index contributed by atoms with van der Waals surface area (Å²) in [6, 6.07) is -0.907. The molecule has 0 aromatic carbocycles. The number of carboxylic acid groups (broad SMARTS) is 1. The molecule has 11 nitrogen and oxygen atoms in total. The van der Waals surface area contributed by atoms with Gasteiger partial charge in [0, 0.05) is 30.0 Å². The van der Waals surface area contributed by atoms with Crippen molar-refractivity contribution in [2.75, 3.05) is 37.4 Å². The number of carbonyl (C=O) groups is 3. The zero-order chi connectivity index (χ0) is 25.0. The van der Waals surface area contributed by atoms with Crippen LogP contribution < -0.4 is 11.1 Å². The first-order chi connectivity index (χ1) is 16.2. The molecule has 1 aromatic heterocycles. The highest BCUT2D eigenvalue weighted by Crippen LogP contribution is 2.41. The number of anilines is 1. The zero-order valence-corrected chi connectivity index (χ0v) is 21.9. The van der Waals surface area contributed by atoms with Crippen LogP contribution in [0.4, 0.5) is 5.13 Å². The Kier molecular flexibility index (Phi) is 8.78. The molecule has 184 valence electrons. The minimum absolute atomic E-state index is 0.0489. The van der Waals surface area contributed by atoms with Gasteiger partial charge in [0.15, 0.2) is 10.8 Å². The van der Waals surface area contributed by atoms with Crippen molar-refractivity contribution in [3.05, 3.63) is 22.3 Å². The van der Waals surface area contributed by atoms with Gasteiger partial charge in [0.25, 0.3) is 11.8 Å². The van der Waals surface area contributed by atoms with Crippen molar-refractivity contribution in [3.63, 3.8) is 0 Å². The SMILES string of the molecule is CCN(CC)C(=S)SCC1=C(C(=O)O)N2C(=O)[C@@H](NC(=O)C(=NOC)c3csc(N)n3)[C@@H]2SC1. The van der Waals surface area contributed by atoms with Crippen LogP contribution >= 0.6 is 47.1 Å². The van der Waals surface area contributed by atoms with Gasteiger partial charge in [0.05, 0.1) is 0 Å². The Morgan fingerprint density at radius 3 is 2.74 bits per heavy atom. The van der Waals surface area contributed by atoms with Crippen LogP contribution in [0.1, 0.15) is 19.5 Å². The van der Waals surface area contributed by atoms with E-state index in [-0.39, 0.29) is 22.2 Å². The number of β-lactam (4-membered cyclic amide) rings is 1. The third-order valence-corrected chi connectivity index (χ3v) is 8.71. The molecule has 15 heteroatoms. The van der Waals surface area contributed by atoms with Crippen LogP contribution in [0.5, 0.6) is 0 Å². The van der Waals surface area contributed by atoms with Crippen LogP contribution in [0.15, 0.2) is 21.8 Å². The molecule has 2 amide bonds. The highest BCUT2D eigenvalue weighted by atomic mass is 32.2. The highest BCUT2D eigenvalue weighted by Gasteiger charge is 2.54. The van der Waals surface area contributed by atoms with E-state index in [4.69, 9.17) is 22.8 Å². The molecule has 1 aromatic rings. The highest BCUT2D eigenvalue weighted by molar-refractivity contribution is 8.23. The maximum absolute atomic E-state index is 12.9. The largest absolute Gasteiger partial charge is 0.477 e. The summed E-state index contributed by atoms with van der Waals surface area (Å²) in [6.45, 7) is 5.52. The van der Waals surface area contributed by atoms with E-state index >= 15 is 0 Å². The fourth-order valence-electron chi connectivity index (χ4n) is 3.42. The predicted molar refractivity (Wildman–Crippen MR) is 138 cm³/mol. The molecule has 1 fully saturated rings. The topological polar surface area (TPSA) is 150 Å². The van der Waals surface area contributed by atoms with Gasteiger partial charge in [0.1, 0.15) is 34.2 Å². The van der Waals surface area contributed by atoms with E-state index in [2.05, 4.69) is 15.5 Å². The summed E-state index contributed by atoms with van der Waals surface area (Å²) < 4.78 is 0.682. The molecule has 1 saturated heterocycles. The van der Waals surface area contributed by atoms with Crippen LogP contribution in [0.25, 0.3) is 0 Å². The molecule has 0 saturated carbocycles. The summed E-state index contributed by atoms with van der Waals surface area (Å²) in [5.74, 6) is -1.60. The van der Waals surface area contributed by atoms with E-state index in [1.54, 1.807) is 5.38 Å². The van der Waals surface area contributed by atoms with Crippen molar-refractivity contribution >= 4 is 80.0 Å². The Bertz CT molecular complexity index is 1050. The second-order valence-electron chi connectivity index (χ2n) is 7.04. The number of carboxylic acids is 1. The molecule has 0 aliphatic carbocycles. The van der Waals surface area contributed by atoms with E-state index in [1.165, 1.54) is 35.5 Å². The van der Waals surface area contributed by atoms with Gasteiger partial charge in [0.2, 0.25) is 0 Å². The van der Waals surface area contributed by atoms with Gasteiger partial charge in [-0.15, -0.1) is 23.1 Å². The number of nitrogens with two attached hydrogens (primary N) is 1. The van der Waals surface area contributed by atoms with Crippen LogP contribution in [0.3, 0.4) is 0 Å². The smallest absolute Gasteiger partial charge is 0.352 e. The van der Waals surface area contributed by atoms with Gasteiger partial charge in [-0.1, -0.05) is 29.1 Å². The number of thiazole rings is 1. The molecular formula is C19H24N6O5S4. The van der Waals surface area contributed by atoms with Gasteiger partial charge in [-0.25, -0.2) is 9.78 Å². The van der Waals surface area contributed by atoms with Crippen molar-refractivity contribution in [2.45, 2.75) is 25.3 Å². The molecule has 0 spiro atoms. The number of thiocarbonyl (C=S) groups is 1. The number of nitrogen functional groups attached to an aromatic ring is 1. The summed E-state index contributed by atoms with van der Waals surface area (Å²) in [7, 11) is 1.28. The van der Waals surface area contributed by atoms with Gasteiger partial charge in [-0.3, -0.25) is 14.5 Å². The number of fused-ring (bicyclic) bond motifs is 1. The normalized spacial score (nSPS) is 19.9. The lowest BCUT2D eigenvalue weighted by atomic mass is 10.0. The van der Waals surface area contributed by atoms with Crippen molar-refractivity contribution in [1.29, 1.82) is 0 Å². The average molecular weight is 545 g/mol. The monoisotopic (exact) mass is 544 g/mol. The number of hydrogen-bond donors (Lipinski definition) is 3. The van der Waals surface area contributed by atoms with Gasteiger partial charge in [-0.05, 0) is 19.4 Å². The molecule has 3 heterocycles. The number of hydrogen-bond acceptors (Lipinski definition) is 11. The van der Waals surface area contributed by atoms with E-state index in [0.29, 0.717) is 21.4 Å². The summed E-state index contributed by atoms with van der Waals surface area (Å²) in [5.41, 5.74) is 6.30. The fraction of sp³-hybridized carbons (Fsp3) is 0.474. The van der Waals surface area contributed by atoms with E-state index in [1.807, 2.05) is 18.7 Å². The quantitative estimate of drug-likeness (QED) is 0.178. The number of rotatable bonds is 9. The lowest BCUT2D eigenvalue weighted by Gasteiger charge is -2.49. The molecule has 0 bridgehead atoms. The summed E-state index contributed by atoms with van der Waals surface area (Å²) >= 11 is 9.34. The lowest BCUT2D eigenvalue weighted by molar-refractivity contribution is -0.150. The summed E-state index contributed by atoms with van der Waals surface area (Å²) in [6.07, 6.45) is 0. The lowest BCUT2D eigenvalue weighted by Crippen LogP contribution is -2.71. The Balaban J connectivity index is 1.73. The second-order valence-corrected chi connectivity index (χ2v) is 10.6. The Morgan fingerprint density at radius 2 is 2.18 bits per heavy atom. The molecule has 3 rings (SSSR count). The number of thioether (sulfide) groups is 2. The summed E-state index contributed by atoms with van der Waals surface area (Å²) in [4.78, 5) is 49.8. The first kappa shape index (κ1) is 26.2. The molecule has 2 aliphatic rings. The number of nitrogens with one attached hydrogen (secondary N) is 1. The average Bonchev–Trinajstić information content (AvgIpc) is 3.25. The molecule has 34 heavy (non-hydrogen) atoms. The van der Waals surface area contributed by atoms with Gasteiger partial charge >= 0.3 is 5.97 Å². The van der Waals surface area contributed by atoms with Crippen LogP contribution in [-0.2, 0) is 19.2 Å². The number of aromatic nitrogens is 1. The van der Waals surface area contributed by atoms with Gasteiger partial charge in [-0.2, -0.15) is 0 Å². The second kappa shape index (κ2) is 11.4. The minimum atomic E-state index is -1.19. The number of amides is 2. The van der Waals surface area contributed by atoms with E-state index in [9.17, 15) is 19.5 Å². The molecule has 4 N–H and O–H groups in total. The van der Waals surface area contributed by atoms with Crippen molar-refractivity contribution in [2.24, 2.45) is 5.16 Å². The maximum atomic E-state index is 12.9. The number of oxime groups is 1. The zero-order valence-electron chi connectivity index (χ0n) is 18.6. The third-order valence-electron chi connectivity index (χ3n) is 5.09. The fourth-order valence-corrected chi connectivity index (χ4v) is 6.85. The van der Waals surface area contributed by atoms with Crippen LogP contribution in [-0.4, -0.2) is 90.8 Å². The minimum Gasteiger partial charge on any atom is -0.477 e. The number of aliphatic carboxylic acids is 1. The number of carbonyl (C=O) groups excluding carboxylic acids is 2. The van der Waals surface area contributed by atoms with Crippen molar-refractivity contribution in [1.82, 2.24) is 20.1 Å². The predicted octanol–water partition coefficient (Wildman–Crippen LogP) is 1.17. The van der Waals surface area contributed by atoms with Crippen LogP contribution in [0, 0.1) is 0 Å². The van der Waals surface area contributed by atoms with Gasteiger partial charge < -0.3 is 25.9 Å². The molecular weight excluding hydrogens is 521 g/mol. The van der Waals surface area contributed by atoms with E-state index in [0.717, 1.165) is 24.4 Å². The Labute approximate surface area is 214 Å². The first-order valence-electron chi connectivity index (χ1n) is 10.2. The standard InChI is InChI=1S/C19H24N6O5S4/c1-4-24(5-2)19(31)34-7-9-6-32-16-12(15(27)25(16)13(9)17(28)29)22-14(26)11(23-30-3)10-8-33-18(20)21-10/h8,12,16H,4-7H2,1-3H3,(H2,20,21)(H,22,26)(H,28,29)/t12-,16+/m1/s1. The molecule has 2 aliphatic heterocycles. The van der Waals surface area contributed by atoms with E-state index < -0.39 is 29.2 Å². The third kappa shape index (κ3) is 5.31. The van der Waals surface area contributed by atoms with Crippen molar-refractivity contribution in [3.8, 4) is 0 Å². The van der Waals surface area contributed by atoms with Crippen molar-refractivity contribution < 1.29 is 24.3 Å². The summed E-state index contributed by atoms with van der Waals surface area (Å²) in [5, 5.41) is 17.4. The maximum Gasteiger partial charge on any atom is 0.352 e. The Morgan fingerprint density at radius 1 is 1.47 bits per heavy atom. The molecule has 2 atom stereocenters. The Hall–Kier alpha value is -2.36. The molecule has 0 unspecified atom stereocenters.